The van der Waals surface area contributed by atoms with Crippen LogP contribution in [0.15, 0.2) is 67.0 Å². The topological polar surface area (TPSA) is 137 Å². The first kappa shape index (κ1) is 30.9. The van der Waals surface area contributed by atoms with E-state index >= 15 is 4.39 Å². The summed E-state index contributed by atoms with van der Waals surface area (Å²) in [5, 5.41) is 23.0. The standard InChI is InChI=1S/C32H30ClFN8O4/c1-39-15-17-40(18-16-39)26-4-2-3-23-22(26)13-14-41(30(23)31(44)36-21-7-5-20(6-8-21)32(45)46)28(43)12-9-24-27(42-19-35-37-38-42)11-10-25(33)29(24)34/h2-12,19,30H,13-18H2,1H3,(H,36,44)(H,45,46)/b12-9+. The van der Waals surface area contributed by atoms with Gasteiger partial charge in [0.1, 0.15) is 12.4 Å². The average molecular weight is 645 g/mol. The zero-order chi connectivity index (χ0) is 32.4. The predicted molar refractivity (Wildman–Crippen MR) is 169 cm³/mol. The van der Waals surface area contributed by atoms with Crippen molar-refractivity contribution < 1.29 is 23.9 Å². The third-order valence-corrected chi connectivity index (χ3v) is 8.56. The Morgan fingerprint density at radius 3 is 2.46 bits per heavy atom. The molecule has 3 aromatic carbocycles. The Morgan fingerprint density at radius 1 is 1.00 bits per heavy atom. The van der Waals surface area contributed by atoms with Crippen LogP contribution < -0.4 is 10.2 Å². The van der Waals surface area contributed by atoms with Crippen molar-refractivity contribution in [1.82, 2.24) is 30.0 Å². The number of carbonyl (C=O) groups is 3. The Bertz CT molecular complexity index is 1810. The number of piperazine rings is 1. The van der Waals surface area contributed by atoms with Crippen molar-refractivity contribution in [2.45, 2.75) is 12.5 Å². The van der Waals surface area contributed by atoms with E-state index in [-0.39, 0.29) is 28.4 Å². The molecular weight excluding hydrogens is 615 g/mol. The van der Waals surface area contributed by atoms with Gasteiger partial charge in [-0.05, 0) is 83.6 Å². The lowest BCUT2D eigenvalue weighted by Gasteiger charge is -2.40. The highest BCUT2D eigenvalue weighted by Gasteiger charge is 2.37. The van der Waals surface area contributed by atoms with Crippen LogP contribution >= 0.6 is 11.6 Å². The van der Waals surface area contributed by atoms with Gasteiger partial charge >= 0.3 is 5.97 Å². The number of carboxylic acids is 1. The minimum Gasteiger partial charge on any atom is -0.478 e. The maximum absolute atomic E-state index is 15.2. The number of carboxylic acid groups (broad SMARTS) is 1. The smallest absolute Gasteiger partial charge is 0.335 e. The largest absolute Gasteiger partial charge is 0.478 e. The van der Waals surface area contributed by atoms with Crippen LogP contribution in [0.1, 0.15) is 33.1 Å². The number of anilines is 2. The first-order chi connectivity index (χ1) is 22.2. The van der Waals surface area contributed by atoms with Gasteiger partial charge in [0.15, 0.2) is 5.82 Å². The first-order valence-corrected chi connectivity index (χ1v) is 15.0. The first-order valence-electron chi connectivity index (χ1n) is 14.6. The number of carbonyl (C=O) groups excluding carboxylic acids is 2. The summed E-state index contributed by atoms with van der Waals surface area (Å²) in [5.74, 6) is -2.82. The van der Waals surface area contributed by atoms with Crippen LogP contribution in [0.2, 0.25) is 5.02 Å². The highest BCUT2D eigenvalue weighted by molar-refractivity contribution is 6.31. The third-order valence-electron chi connectivity index (χ3n) is 8.27. The quantitative estimate of drug-likeness (QED) is 0.289. The van der Waals surface area contributed by atoms with Crippen molar-refractivity contribution in [1.29, 1.82) is 0 Å². The minimum absolute atomic E-state index is 0.00225. The number of benzene rings is 3. The number of halogens is 2. The summed E-state index contributed by atoms with van der Waals surface area (Å²) in [6.45, 7) is 3.71. The average Bonchev–Trinajstić information content (AvgIpc) is 3.60. The van der Waals surface area contributed by atoms with Gasteiger partial charge in [-0.2, -0.15) is 4.68 Å². The Hall–Kier alpha value is -5.14. The molecule has 2 amide bonds. The molecule has 6 rings (SSSR count). The SMILES string of the molecule is CN1CCN(c2cccc3c2CCN(C(=O)/C=C/c2c(-n4cnnn4)ccc(Cl)c2F)C3C(=O)Nc2ccc(C(=O)O)cc2)CC1. The fraction of sp³-hybridized carbons (Fsp3) is 0.250. The molecule has 2 N–H and O–H groups in total. The van der Waals surface area contributed by atoms with Crippen molar-refractivity contribution in [3.05, 3.63) is 100 Å². The second-order valence-electron chi connectivity index (χ2n) is 11.1. The Labute approximate surface area is 268 Å². The lowest BCUT2D eigenvalue weighted by Crippen LogP contribution is -2.47. The number of rotatable bonds is 7. The van der Waals surface area contributed by atoms with Crippen LogP contribution in [-0.2, 0) is 16.0 Å². The fourth-order valence-electron chi connectivity index (χ4n) is 5.86. The number of hydrogen-bond acceptors (Lipinski definition) is 8. The molecule has 0 aliphatic carbocycles. The Balaban J connectivity index is 1.35. The van der Waals surface area contributed by atoms with Crippen molar-refractivity contribution in [3.8, 4) is 5.69 Å². The van der Waals surface area contributed by atoms with Crippen LogP contribution in [-0.4, -0.2) is 92.7 Å². The highest BCUT2D eigenvalue weighted by Crippen LogP contribution is 2.37. The lowest BCUT2D eigenvalue weighted by molar-refractivity contribution is -0.135. The van der Waals surface area contributed by atoms with Gasteiger partial charge < -0.3 is 25.1 Å². The van der Waals surface area contributed by atoms with E-state index in [1.807, 2.05) is 18.2 Å². The molecule has 2 aliphatic heterocycles. The summed E-state index contributed by atoms with van der Waals surface area (Å²) < 4.78 is 16.5. The molecule has 46 heavy (non-hydrogen) atoms. The van der Waals surface area contributed by atoms with Gasteiger partial charge in [-0.3, -0.25) is 9.59 Å². The molecule has 1 unspecified atom stereocenters. The highest BCUT2D eigenvalue weighted by atomic mass is 35.5. The molecule has 1 saturated heterocycles. The number of hydrogen-bond donors (Lipinski definition) is 2. The summed E-state index contributed by atoms with van der Waals surface area (Å²) in [5.41, 5.74) is 3.44. The molecule has 0 radical (unpaired) electrons. The summed E-state index contributed by atoms with van der Waals surface area (Å²) in [7, 11) is 2.08. The predicted octanol–water partition coefficient (Wildman–Crippen LogP) is 3.68. The lowest BCUT2D eigenvalue weighted by atomic mass is 9.89. The fourth-order valence-corrected chi connectivity index (χ4v) is 6.02. The number of tetrazole rings is 1. The van der Waals surface area contributed by atoms with E-state index in [2.05, 4.69) is 37.7 Å². The third kappa shape index (κ3) is 6.19. The summed E-state index contributed by atoms with van der Waals surface area (Å²) in [4.78, 5) is 45.2. The maximum atomic E-state index is 15.2. The van der Waals surface area contributed by atoms with Crippen molar-refractivity contribution >= 4 is 46.8 Å². The summed E-state index contributed by atoms with van der Waals surface area (Å²) in [6, 6.07) is 13.5. The van der Waals surface area contributed by atoms with Crippen LogP contribution in [0, 0.1) is 5.82 Å². The van der Waals surface area contributed by atoms with Gasteiger partial charge in [0.2, 0.25) is 5.91 Å². The van der Waals surface area contributed by atoms with Gasteiger partial charge in [-0.15, -0.1) is 5.10 Å². The summed E-state index contributed by atoms with van der Waals surface area (Å²) >= 11 is 6.07. The molecule has 0 bridgehead atoms. The minimum atomic E-state index is -1.08. The number of amides is 2. The van der Waals surface area contributed by atoms with E-state index in [9.17, 15) is 19.5 Å². The van der Waals surface area contributed by atoms with E-state index in [1.54, 1.807) is 0 Å². The number of nitrogens with one attached hydrogen (secondary N) is 1. The molecule has 0 saturated carbocycles. The van der Waals surface area contributed by atoms with Crippen LogP contribution in [0.25, 0.3) is 11.8 Å². The van der Waals surface area contributed by atoms with E-state index in [1.165, 1.54) is 64.5 Å². The van der Waals surface area contributed by atoms with Gasteiger partial charge in [0.25, 0.3) is 5.91 Å². The van der Waals surface area contributed by atoms with Crippen LogP contribution in [0.4, 0.5) is 15.8 Å². The van der Waals surface area contributed by atoms with Gasteiger partial charge in [0.05, 0.1) is 16.3 Å². The monoisotopic (exact) mass is 644 g/mol. The molecule has 2 aliphatic rings. The normalized spacial score (nSPS) is 16.8. The molecule has 1 fully saturated rings. The van der Waals surface area contributed by atoms with Crippen molar-refractivity contribution in [3.63, 3.8) is 0 Å². The number of aromatic carboxylic acids is 1. The van der Waals surface area contributed by atoms with E-state index in [0.717, 1.165) is 37.4 Å². The van der Waals surface area contributed by atoms with E-state index < -0.39 is 29.6 Å². The summed E-state index contributed by atoms with van der Waals surface area (Å²) in [6.07, 6.45) is 4.32. The molecule has 0 spiro atoms. The zero-order valence-corrected chi connectivity index (χ0v) is 25.6. The molecule has 14 heteroatoms. The molecule has 1 aromatic heterocycles. The number of fused-ring (bicyclic) bond motifs is 1. The molecule has 1 atom stereocenters. The van der Waals surface area contributed by atoms with Gasteiger partial charge in [0, 0.05) is 55.7 Å². The number of aromatic nitrogens is 4. The van der Waals surface area contributed by atoms with E-state index in [0.29, 0.717) is 17.7 Å². The maximum Gasteiger partial charge on any atom is 0.335 e. The molecule has 236 valence electrons. The van der Waals surface area contributed by atoms with Crippen LogP contribution in [0.5, 0.6) is 0 Å². The number of nitrogens with zero attached hydrogens (tertiary/aromatic N) is 7. The zero-order valence-electron chi connectivity index (χ0n) is 24.8. The Kier molecular flexibility index (Phi) is 8.77. The van der Waals surface area contributed by atoms with Gasteiger partial charge in [-0.25, -0.2) is 9.18 Å². The second kappa shape index (κ2) is 13.1. The molecule has 4 aromatic rings. The second-order valence-corrected chi connectivity index (χ2v) is 11.5. The Morgan fingerprint density at radius 2 is 1.76 bits per heavy atom. The van der Waals surface area contributed by atoms with Crippen LogP contribution in [0.3, 0.4) is 0 Å². The van der Waals surface area contributed by atoms with Crippen molar-refractivity contribution in [2.75, 3.05) is 50.0 Å². The van der Waals surface area contributed by atoms with Gasteiger partial charge in [-0.1, -0.05) is 23.7 Å². The van der Waals surface area contributed by atoms with E-state index in [4.69, 9.17) is 11.6 Å². The molecule has 12 nitrogen and oxygen atoms in total. The number of likely N-dealkylation sites (N-methyl/N-ethyl adjacent to an activating group) is 1. The van der Waals surface area contributed by atoms with Crippen molar-refractivity contribution in [2.24, 2.45) is 0 Å². The molecular formula is C32H30ClFN8O4. The molecule has 3 heterocycles.